The van der Waals surface area contributed by atoms with Crippen molar-refractivity contribution in [3.8, 4) is 0 Å². The summed E-state index contributed by atoms with van der Waals surface area (Å²) in [6.07, 6.45) is 2.74. The number of aliphatic hydroxyl groups excluding tert-OH is 1. The predicted molar refractivity (Wildman–Crippen MR) is 54.8 cm³/mol. The number of hydrogen-bond acceptors (Lipinski definition) is 4. The molecule has 1 heterocycles. The Kier molecular flexibility index (Phi) is 4.35. The number of aliphatic hydroxyl groups is 1. The van der Waals surface area contributed by atoms with E-state index in [1.165, 1.54) is 0 Å². The van der Waals surface area contributed by atoms with Crippen molar-refractivity contribution in [2.45, 2.75) is 32.4 Å². The topological polar surface area (TPSA) is 45.1 Å². The number of nitrogens with one attached hydrogen (secondary N) is 1. The van der Waals surface area contributed by atoms with Crippen LogP contribution >= 0.6 is 11.3 Å². The van der Waals surface area contributed by atoms with Crippen LogP contribution in [0.15, 0.2) is 11.6 Å². The van der Waals surface area contributed by atoms with Crippen LogP contribution in [0.4, 0.5) is 0 Å². The standard InChI is InChI=1S/C9H16N2OS/c1-3-8(6-12)11-7(2)9-10-4-5-13-9/h4-5,7-8,11-12H,3,6H2,1-2H3/t7-,8+/m1/s1. The third-order valence-electron chi connectivity index (χ3n) is 2.02. The maximum atomic E-state index is 8.99. The van der Waals surface area contributed by atoms with Gasteiger partial charge in [-0.15, -0.1) is 11.3 Å². The van der Waals surface area contributed by atoms with Gasteiger partial charge in [0.05, 0.1) is 12.6 Å². The van der Waals surface area contributed by atoms with Gasteiger partial charge in [-0.1, -0.05) is 6.92 Å². The van der Waals surface area contributed by atoms with Gasteiger partial charge >= 0.3 is 0 Å². The Morgan fingerprint density at radius 3 is 2.92 bits per heavy atom. The maximum Gasteiger partial charge on any atom is 0.109 e. The van der Waals surface area contributed by atoms with Crippen molar-refractivity contribution in [1.29, 1.82) is 0 Å². The smallest absolute Gasteiger partial charge is 0.109 e. The number of hydrogen-bond donors (Lipinski definition) is 2. The van der Waals surface area contributed by atoms with E-state index < -0.39 is 0 Å². The van der Waals surface area contributed by atoms with Crippen LogP contribution in [0.3, 0.4) is 0 Å². The molecule has 13 heavy (non-hydrogen) atoms. The lowest BCUT2D eigenvalue weighted by atomic mass is 10.2. The first-order valence-electron chi connectivity index (χ1n) is 4.54. The second kappa shape index (κ2) is 5.32. The molecule has 0 fully saturated rings. The summed E-state index contributed by atoms with van der Waals surface area (Å²) in [6.45, 7) is 4.31. The summed E-state index contributed by atoms with van der Waals surface area (Å²) in [5.74, 6) is 0. The van der Waals surface area contributed by atoms with E-state index in [4.69, 9.17) is 5.11 Å². The summed E-state index contributed by atoms with van der Waals surface area (Å²) in [7, 11) is 0. The Balaban J connectivity index is 2.45. The molecule has 1 aromatic rings. The van der Waals surface area contributed by atoms with E-state index in [0.29, 0.717) is 0 Å². The van der Waals surface area contributed by atoms with Gasteiger partial charge in [0, 0.05) is 17.6 Å². The molecule has 74 valence electrons. The van der Waals surface area contributed by atoms with Crippen LogP contribution in [0.2, 0.25) is 0 Å². The van der Waals surface area contributed by atoms with Crippen molar-refractivity contribution < 1.29 is 5.11 Å². The van der Waals surface area contributed by atoms with Crippen LogP contribution in [0.25, 0.3) is 0 Å². The van der Waals surface area contributed by atoms with Crippen molar-refractivity contribution in [2.24, 2.45) is 0 Å². The number of nitrogens with zero attached hydrogens (tertiary/aromatic N) is 1. The average molecular weight is 200 g/mol. The fourth-order valence-electron chi connectivity index (χ4n) is 1.17. The third-order valence-corrected chi connectivity index (χ3v) is 2.98. The molecule has 0 aromatic carbocycles. The molecule has 1 rings (SSSR count). The predicted octanol–water partition coefficient (Wildman–Crippen LogP) is 1.56. The molecule has 0 bridgehead atoms. The van der Waals surface area contributed by atoms with Gasteiger partial charge in [-0.3, -0.25) is 0 Å². The highest BCUT2D eigenvalue weighted by atomic mass is 32.1. The molecule has 1 aromatic heterocycles. The summed E-state index contributed by atoms with van der Waals surface area (Å²) < 4.78 is 0. The summed E-state index contributed by atoms with van der Waals surface area (Å²) in [6, 6.07) is 0.413. The number of thiazole rings is 1. The van der Waals surface area contributed by atoms with E-state index in [1.807, 2.05) is 5.38 Å². The van der Waals surface area contributed by atoms with Crippen molar-refractivity contribution in [3.63, 3.8) is 0 Å². The highest BCUT2D eigenvalue weighted by Crippen LogP contribution is 2.15. The molecule has 3 nitrogen and oxygen atoms in total. The normalized spacial score (nSPS) is 15.6. The van der Waals surface area contributed by atoms with Gasteiger partial charge in [-0.05, 0) is 13.3 Å². The van der Waals surface area contributed by atoms with Gasteiger partial charge in [0.25, 0.3) is 0 Å². The molecule has 0 saturated heterocycles. The summed E-state index contributed by atoms with van der Waals surface area (Å²) in [4.78, 5) is 4.21. The zero-order chi connectivity index (χ0) is 9.68. The van der Waals surface area contributed by atoms with Crippen LogP contribution in [0, 0.1) is 0 Å². The second-order valence-corrected chi connectivity index (χ2v) is 3.97. The Hall–Kier alpha value is -0.450. The Bertz CT molecular complexity index is 222. The molecular weight excluding hydrogens is 184 g/mol. The minimum Gasteiger partial charge on any atom is -0.395 e. The zero-order valence-corrected chi connectivity index (χ0v) is 8.84. The largest absolute Gasteiger partial charge is 0.395 e. The summed E-state index contributed by atoms with van der Waals surface area (Å²) >= 11 is 1.64. The molecule has 2 atom stereocenters. The summed E-state index contributed by atoms with van der Waals surface area (Å²) in [5, 5.41) is 15.4. The second-order valence-electron chi connectivity index (χ2n) is 3.05. The maximum absolute atomic E-state index is 8.99. The zero-order valence-electron chi connectivity index (χ0n) is 8.03. The van der Waals surface area contributed by atoms with Gasteiger partial charge in [0.1, 0.15) is 5.01 Å². The Morgan fingerprint density at radius 1 is 1.69 bits per heavy atom. The lowest BCUT2D eigenvalue weighted by molar-refractivity contribution is 0.230. The van der Waals surface area contributed by atoms with Gasteiger partial charge in [-0.2, -0.15) is 0 Å². The average Bonchev–Trinajstić information content (AvgIpc) is 2.66. The Morgan fingerprint density at radius 2 is 2.46 bits per heavy atom. The fourth-order valence-corrected chi connectivity index (χ4v) is 1.83. The molecule has 0 amide bonds. The number of rotatable bonds is 5. The molecule has 4 heteroatoms. The Labute approximate surface area is 82.8 Å². The van der Waals surface area contributed by atoms with Crippen LogP contribution in [-0.4, -0.2) is 22.7 Å². The van der Waals surface area contributed by atoms with Gasteiger partial charge in [0.15, 0.2) is 0 Å². The van der Waals surface area contributed by atoms with Crippen molar-refractivity contribution >= 4 is 11.3 Å². The fraction of sp³-hybridized carbons (Fsp3) is 0.667. The molecule has 0 radical (unpaired) electrons. The monoisotopic (exact) mass is 200 g/mol. The third kappa shape index (κ3) is 3.06. The molecule has 0 aliphatic rings. The number of aromatic nitrogens is 1. The SMILES string of the molecule is CC[C@@H](CO)N[C@H](C)c1nccs1. The summed E-state index contributed by atoms with van der Waals surface area (Å²) in [5.41, 5.74) is 0. The molecule has 0 saturated carbocycles. The van der Waals surface area contributed by atoms with Crippen molar-refractivity contribution in [3.05, 3.63) is 16.6 Å². The quantitative estimate of drug-likeness (QED) is 0.758. The minimum absolute atomic E-state index is 0.180. The molecule has 0 unspecified atom stereocenters. The van der Waals surface area contributed by atoms with E-state index in [-0.39, 0.29) is 18.7 Å². The van der Waals surface area contributed by atoms with E-state index in [0.717, 1.165) is 11.4 Å². The van der Waals surface area contributed by atoms with Crippen LogP contribution in [0.1, 0.15) is 31.3 Å². The first-order chi connectivity index (χ1) is 6.27. The first-order valence-corrected chi connectivity index (χ1v) is 5.42. The van der Waals surface area contributed by atoms with Gasteiger partial charge in [0.2, 0.25) is 0 Å². The highest BCUT2D eigenvalue weighted by molar-refractivity contribution is 7.09. The molecule has 0 aliphatic carbocycles. The van der Waals surface area contributed by atoms with Crippen LogP contribution < -0.4 is 5.32 Å². The van der Waals surface area contributed by atoms with Crippen LogP contribution in [-0.2, 0) is 0 Å². The molecule has 0 aliphatic heterocycles. The van der Waals surface area contributed by atoms with E-state index >= 15 is 0 Å². The molecule has 2 N–H and O–H groups in total. The highest BCUT2D eigenvalue weighted by Gasteiger charge is 2.12. The van der Waals surface area contributed by atoms with Crippen LogP contribution in [0.5, 0.6) is 0 Å². The van der Waals surface area contributed by atoms with E-state index in [2.05, 4.69) is 24.1 Å². The molecule has 0 spiro atoms. The van der Waals surface area contributed by atoms with E-state index in [9.17, 15) is 0 Å². The molecular formula is C9H16N2OS. The minimum atomic E-state index is 0.180. The van der Waals surface area contributed by atoms with E-state index in [1.54, 1.807) is 17.5 Å². The first kappa shape index (κ1) is 10.6. The lowest BCUT2D eigenvalue weighted by Crippen LogP contribution is -2.33. The van der Waals surface area contributed by atoms with Crippen molar-refractivity contribution in [1.82, 2.24) is 10.3 Å². The van der Waals surface area contributed by atoms with Gasteiger partial charge in [-0.25, -0.2) is 4.98 Å². The van der Waals surface area contributed by atoms with Crippen molar-refractivity contribution in [2.75, 3.05) is 6.61 Å². The van der Waals surface area contributed by atoms with Gasteiger partial charge < -0.3 is 10.4 Å². The lowest BCUT2D eigenvalue weighted by Gasteiger charge is -2.18.